The molecule has 0 aliphatic carbocycles. The summed E-state index contributed by atoms with van der Waals surface area (Å²) in [5.74, 6) is 1.01. The van der Waals surface area contributed by atoms with Gasteiger partial charge in [-0.2, -0.15) is 0 Å². The lowest BCUT2D eigenvalue weighted by molar-refractivity contribution is -0.0705. The van der Waals surface area contributed by atoms with Gasteiger partial charge in [-0.05, 0) is 51.0 Å². The van der Waals surface area contributed by atoms with Crippen LogP contribution in [0.3, 0.4) is 0 Å². The SMILES string of the molecule is CC(C)OC(=O)NC[C@H]1CCC2(CCN(c3ccncn3)CC2)CO1. The first-order valence-electron chi connectivity index (χ1n) is 9.13. The van der Waals surface area contributed by atoms with Gasteiger partial charge in [0, 0.05) is 25.8 Å². The first-order chi connectivity index (χ1) is 12.1. The Morgan fingerprint density at radius 3 is 2.84 bits per heavy atom. The molecule has 7 nitrogen and oxygen atoms in total. The molecule has 0 unspecified atom stereocenters. The van der Waals surface area contributed by atoms with E-state index in [1.807, 2.05) is 19.9 Å². The quantitative estimate of drug-likeness (QED) is 0.900. The smallest absolute Gasteiger partial charge is 0.407 e. The van der Waals surface area contributed by atoms with Crippen LogP contribution >= 0.6 is 0 Å². The van der Waals surface area contributed by atoms with Gasteiger partial charge in [-0.25, -0.2) is 14.8 Å². The minimum Gasteiger partial charge on any atom is -0.447 e. The summed E-state index contributed by atoms with van der Waals surface area (Å²) in [5, 5.41) is 2.80. The van der Waals surface area contributed by atoms with Crippen molar-refractivity contribution in [3.63, 3.8) is 0 Å². The number of hydrogen-bond acceptors (Lipinski definition) is 6. The van der Waals surface area contributed by atoms with Crippen LogP contribution in [0.4, 0.5) is 10.6 Å². The summed E-state index contributed by atoms with van der Waals surface area (Å²) in [4.78, 5) is 22.2. The number of amides is 1. The number of aromatic nitrogens is 2. The first-order valence-corrected chi connectivity index (χ1v) is 9.13. The Labute approximate surface area is 149 Å². The van der Waals surface area contributed by atoms with Crippen molar-refractivity contribution in [2.24, 2.45) is 5.41 Å². The largest absolute Gasteiger partial charge is 0.447 e. The molecule has 7 heteroatoms. The lowest BCUT2D eigenvalue weighted by Gasteiger charge is -2.46. The van der Waals surface area contributed by atoms with Gasteiger partial charge in [0.15, 0.2) is 0 Å². The third-order valence-corrected chi connectivity index (χ3v) is 5.15. The number of carbonyl (C=O) groups is 1. The number of nitrogens with zero attached hydrogens (tertiary/aromatic N) is 3. The Balaban J connectivity index is 1.41. The van der Waals surface area contributed by atoms with Crippen molar-refractivity contribution in [1.82, 2.24) is 15.3 Å². The van der Waals surface area contributed by atoms with E-state index in [1.165, 1.54) is 0 Å². The van der Waals surface area contributed by atoms with Crippen molar-refractivity contribution in [3.8, 4) is 0 Å². The number of piperidine rings is 1. The number of ether oxygens (including phenoxy) is 2. The Morgan fingerprint density at radius 2 is 2.24 bits per heavy atom. The fourth-order valence-corrected chi connectivity index (χ4v) is 3.61. The maximum Gasteiger partial charge on any atom is 0.407 e. The van der Waals surface area contributed by atoms with Gasteiger partial charge in [0.2, 0.25) is 0 Å². The average Bonchev–Trinajstić information content (AvgIpc) is 2.62. The zero-order chi connectivity index (χ0) is 17.7. The van der Waals surface area contributed by atoms with Crippen LogP contribution in [-0.2, 0) is 9.47 Å². The fraction of sp³-hybridized carbons (Fsp3) is 0.722. The van der Waals surface area contributed by atoms with E-state index in [-0.39, 0.29) is 23.7 Å². The van der Waals surface area contributed by atoms with Gasteiger partial charge in [0.1, 0.15) is 12.1 Å². The molecule has 1 N–H and O–H groups in total. The Bertz CT molecular complexity index is 549. The maximum absolute atomic E-state index is 11.6. The van der Waals surface area contributed by atoms with E-state index in [4.69, 9.17) is 9.47 Å². The summed E-state index contributed by atoms with van der Waals surface area (Å²) in [5.41, 5.74) is 0.276. The van der Waals surface area contributed by atoms with Gasteiger partial charge in [-0.1, -0.05) is 0 Å². The van der Waals surface area contributed by atoms with Gasteiger partial charge in [0.05, 0.1) is 18.8 Å². The topological polar surface area (TPSA) is 76.6 Å². The summed E-state index contributed by atoms with van der Waals surface area (Å²) in [7, 11) is 0. The summed E-state index contributed by atoms with van der Waals surface area (Å²) in [6.45, 7) is 6.99. The monoisotopic (exact) mass is 348 g/mol. The molecular formula is C18H28N4O3. The lowest BCUT2D eigenvalue weighted by atomic mass is 9.73. The van der Waals surface area contributed by atoms with Crippen LogP contribution in [0.25, 0.3) is 0 Å². The van der Waals surface area contributed by atoms with E-state index in [9.17, 15) is 4.79 Å². The fourth-order valence-electron chi connectivity index (χ4n) is 3.61. The van der Waals surface area contributed by atoms with Crippen LogP contribution in [0.2, 0.25) is 0 Å². The Hall–Kier alpha value is -1.89. The summed E-state index contributed by atoms with van der Waals surface area (Å²) in [6, 6.07) is 1.97. The number of hydrogen-bond donors (Lipinski definition) is 1. The summed E-state index contributed by atoms with van der Waals surface area (Å²) < 4.78 is 11.1. The molecule has 1 aromatic heterocycles. The van der Waals surface area contributed by atoms with E-state index in [1.54, 1.807) is 12.5 Å². The van der Waals surface area contributed by atoms with Crippen LogP contribution in [0, 0.1) is 5.41 Å². The minimum atomic E-state index is -0.364. The molecule has 1 spiro atoms. The molecule has 25 heavy (non-hydrogen) atoms. The molecule has 0 radical (unpaired) electrons. The van der Waals surface area contributed by atoms with Crippen LogP contribution in [0.1, 0.15) is 39.5 Å². The predicted octanol–water partition coefficient (Wildman–Crippen LogP) is 2.38. The first kappa shape index (κ1) is 17.9. The molecule has 2 saturated heterocycles. The standard InChI is InChI=1S/C18H28N4O3/c1-14(2)25-17(23)20-11-15-3-5-18(12-24-15)6-9-22(10-7-18)16-4-8-19-13-21-16/h4,8,13-15H,3,5-7,9-12H2,1-2H3,(H,20,23)/t15-/m1/s1. The van der Waals surface area contributed by atoms with Crippen LogP contribution in [0.5, 0.6) is 0 Å². The summed E-state index contributed by atoms with van der Waals surface area (Å²) >= 11 is 0. The van der Waals surface area contributed by atoms with E-state index < -0.39 is 0 Å². The molecular weight excluding hydrogens is 320 g/mol. The normalized spacial score (nSPS) is 22.8. The minimum absolute atomic E-state index is 0.0882. The van der Waals surface area contributed by atoms with E-state index in [2.05, 4.69) is 20.2 Å². The lowest BCUT2D eigenvalue weighted by Crippen LogP contribution is -2.48. The van der Waals surface area contributed by atoms with E-state index >= 15 is 0 Å². The average molecular weight is 348 g/mol. The predicted molar refractivity (Wildman–Crippen MR) is 94.5 cm³/mol. The maximum atomic E-state index is 11.6. The van der Waals surface area contributed by atoms with Crippen molar-refractivity contribution < 1.29 is 14.3 Å². The molecule has 2 fully saturated rings. The van der Waals surface area contributed by atoms with Crippen molar-refractivity contribution in [2.75, 3.05) is 31.1 Å². The number of alkyl carbamates (subject to hydrolysis) is 1. The van der Waals surface area contributed by atoms with Crippen LogP contribution in [0.15, 0.2) is 18.6 Å². The second-order valence-corrected chi connectivity index (χ2v) is 7.36. The van der Waals surface area contributed by atoms with Crippen molar-refractivity contribution >= 4 is 11.9 Å². The highest BCUT2D eigenvalue weighted by atomic mass is 16.6. The highest BCUT2D eigenvalue weighted by Gasteiger charge is 2.39. The molecule has 0 saturated carbocycles. The summed E-state index contributed by atoms with van der Waals surface area (Å²) in [6.07, 6.45) is 7.38. The molecule has 1 aromatic rings. The number of carbonyl (C=O) groups excluding carboxylic acids is 1. The third-order valence-electron chi connectivity index (χ3n) is 5.15. The van der Waals surface area contributed by atoms with Crippen molar-refractivity contribution in [3.05, 3.63) is 18.6 Å². The van der Waals surface area contributed by atoms with Crippen molar-refractivity contribution in [1.29, 1.82) is 0 Å². The van der Waals surface area contributed by atoms with Crippen LogP contribution in [-0.4, -0.2) is 54.5 Å². The van der Waals surface area contributed by atoms with Crippen LogP contribution < -0.4 is 10.2 Å². The molecule has 138 valence electrons. The molecule has 3 rings (SSSR count). The molecule has 1 amide bonds. The van der Waals surface area contributed by atoms with Gasteiger partial charge < -0.3 is 19.7 Å². The third kappa shape index (κ3) is 4.81. The Morgan fingerprint density at radius 1 is 1.44 bits per heavy atom. The van der Waals surface area contributed by atoms with Gasteiger partial charge in [0.25, 0.3) is 0 Å². The second kappa shape index (κ2) is 7.99. The number of anilines is 1. The highest BCUT2D eigenvalue weighted by molar-refractivity contribution is 5.67. The molecule has 2 aliphatic heterocycles. The zero-order valence-electron chi connectivity index (χ0n) is 15.1. The van der Waals surface area contributed by atoms with Gasteiger partial charge in [-0.15, -0.1) is 0 Å². The molecule has 3 heterocycles. The van der Waals surface area contributed by atoms with Gasteiger partial charge in [-0.3, -0.25) is 0 Å². The zero-order valence-corrected chi connectivity index (χ0v) is 15.1. The number of nitrogens with one attached hydrogen (secondary N) is 1. The molecule has 1 atom stereocenters. The second-order valence-electron chi connectivity index (χ2n) is 7.36. The number of rotatable bonds is 4. The molecule has 0 aromatic carbocycles. The molecule has 2 aliphatic rings. The van der Waals surface area contributed by atoms with Crippen molar-refractivity contribution in [2.45, 2.75) is 51.7 Å². The van der Waals surface area contributed by atoms with Gasteiger partial charge >= 0.3 is 6.09 Å². The Kier molecular flexibility index (Phi) is 5.73. The van der Waals surface area contributed by atoms with E-state index in [0.717, 1.165) is 51.2 Å². The highest BCUT2D eigenvalue weighted by Crippen LogP contribution is 2.41. The molecule has 0 bridgehead atoms. The van der Waals surface area contributed by atoms with E-state index in [0.29, 0.717) is 6.54 Å².